The zero-order chi connectivity index (χ0) is 55.7. The third kappa shape index (κ3) is 17.5. The fourth-order valence-corrected chi connectivity index (χ4v) is 20.1. The Kier molecular flexibility index (Phi) is 26.2. The molecule has 17 heteroatoms. The average Bonchev–Trinajstić information content (AvgIpc) is 4.15. The maximum atomic E-state index is 14.7. The van der Waals surface area contributed by atoms with Crippen molar-refractivity contribution in [3.05, 3.63) is 70.3 Å². The van der Waals surface area contributed by atoms with Crippen LogP contribution in [0.5, 0.6) is 5.75 Å². The molecule has 1 N–H and O–H groups in total. The van der Waals surface area contributed by atoms with Gasteiger partial charge in [0.25, 0.3) is 5.69 Å². The molecule has 1 saturated heterocycles. The summed E-state index contributed by atoms with van der Waals surface area (Å²) in [5, 5.41) is 22.6. The first-order valence-corrected chi connectivity index (χ1v) is 35.9. The lowest BCUT2D eigenvalue weighted by Crippen LogP contribution is -2.51. The molecule has 2 aliphatic heterocycles. The average molecular weight is 1090 g/mol. The van der Waals surface area contributed by atoms with E-state index in [9.17, 15) is 24.8 Å². The highest BCUT2D eigenvalue weighted by atomic mass is 28.4. The highest BCUT2D eigenvalue weighted by molar-refractivity contribution is 6.74. The van der Waals surface area contributed by atoms with Crippen LogP contribution in [0, 0.1) is 27.9 Å². The summed E-state index contributed by atoms with van der Waals surface area (Å²) in [6.07, 6.45) is 8.49. The van der Waals surface area contributed by atoms with Gasteiger partial charge < -0.3 is 42.1 Å². The standard InChI is InChI=1S/C57H99NO13Si3/c1-18-47(69-72(20-3,21-4)22-5)43(14)53-49(66-53)40-56(16,71-74(26-9,27-10)28-11)38-29-30-41(12)52-42(13)31-36-50(65-46-34-32-45(33-35-46)58(62)63)57(17,68-44(15)64-19-2)39-37-48(51(54(59)60)55(61)67-52)70-73(23-6,24-7)25-8/h29-36,38,42-44,47-53H,18-28,37,39-40H2,1-17H3,(H,59,60)/b36-31-,38-29+,41-30+. The molecule has 422 valence electrons. The van der Waals surface area contributed by atoms with E-state index in [0.29, 0.717) is 24.4 Å². The van der Waals surface area contributed by atoms with Crippen molar-refractivity contribution in [3.63, 3.8) is 0 Å². The Hall–Kier alpha value is -3.01. The maximum absolute atomic E-state index is 14.7. The lowest BCUT2D eigenvalue weighted by Gasteiger charge is -2.41. The molecule has 74 heavy (non-hydrogen) atoms. The van der Waals surface area contributed by atoms with Gasteiger partial charge in [-0.2, -0.15) is 0 Å². The second kappa shape index (κ2) is 29.7. The lowest BCUT2D eigenvalue weighted by molar-refractivity contribution is -0.384. The summed E-state index contributed by atoms with van der Waals surface area (Å²) < 4.78 is 53.8. The predicted molar refractivity (Wildman–Crippen MR) is 303 cm³/mol. The molecule has 0 radical (unpaired) electrons. The third-order valence-corrected chi connectivity index (χ3v) is 31.0. The molecule has 12 atom stereocenters. The molecule has 14 nitrogen and oxygen atoms in total. The monoisotopic (exact) mass is 1090 g/mol. The van der Waals surface area contributed by atoms with Crippen molar-refractivity contribution in [2.24, 2.45) is 17.8 Å². The van der Waals surface area contributed by atoms with Crippen molar-refractivity contribution in [2.75, 3.05) is 6.61 Å². The first kappa shape index (κ1) is 65.3. The number of non-ortho nitro benzene ring substituents is 1. The second-order valence-electron chi connectivity index (χ2n) is 21.5. The third-order valence-electron chi connectivity index (χ3n) is 16.9. The van der Waals surface area contributed by atoms with Gasteiger partial charge in [-0.3, -0.25) is 19.7 Å². The Morgan fingerprint density at radius 3 is 1.97 bits per heavy atom. The highest BCUT2D eigenvalue weighted by Gasteiger charge is 2.51. The van der Waals surface area contributed by atoms with Gasteiger partial charge in [0.2, 0.25) is 0 Å². The molecular formula is C57H99NO13Si3. The largest absolute Gasteiger partial charge is 0.483 e. The number of rotatable bonds is 31. The van der Waals surface area contributed by atoms with Crippen LogP contribution in [-0.2, 0) is 41.8 Å². The molecule has 12 unspecified atom stereocenters. The first-order valence-electron chi connectivity index (χ1n) is 28.3. The molecule has 0 aromatic heterocycles. The van der Waals surface area contributed by atoms with Gasteiger partial charge >= 0.3 is 11.9 Å². The summed E-state index contributed by atoms with van der Waals surface area (Å²) in [6, 6.07) is 14.3. The number of carbonyl (C=O) groups excluding carboxylic acids is 1. The van der Waals surface area contributed by atoms with E-state index in [1.54, 1.807) is 19.1 Å². The Labute approximate surface area is 449 Å². The summed E-state index contributed by atoms with van der Waals surface area (Å²) in [5.41, 5.74) is -1.24. The molecule has 0 spiro atoms. The Balaban J connectivity index is 2.22. The number of ether oxygens (including phenoxy) is 5. The van der Waals surface area contributed by atoms with Crippen LogP contribution in [0.3, 0.4) is 0 Å². The smallest absolute Gasteiger partial charge is 0.323 e. The molecule has 2 heterocycles. The summed E-state index contributed by atoms with van der Waals surface area (Å²) in [4.78, 5) is 39.4. The number of carbonyl (C=O) groups is 2. The molecule has 0 amide bonds. The molecule has 0 saturated carbocycles. The fraction of sp³-hybridized carbons (Fsp3) is 0.754. The van der Waals surface area contributed by atoms with Crippen LogP contribution in [0.4, 0.5) is 5.69 Å². The fourth-order valence-electron chi connectivity index (χ4n) is 11.1. The van der Waals surface area contributed by atoms with E-state index in [1.165, 1.54) is 12.1 Å². The van der Waals surface area contributed by atoms with Gasteiger partial charge in [0, 0.05) is 43.1 Å². The van der Waals surface area contributed by atoms with E-state index in [2.05, 4.69) is 89.2 Å². The molecule has 1 fully saturated rings. The Bertz CT molecular complexity index is 1960. The number of nitro groups is 1. The van der Waals surface area contributed by atoms with Crippen LogP contribution < -0.4 is 4.74 Å². The quantitative estimate of drug-likeness (QED) is 0.00857. The maximum Gasteiger partial charge on any atom is 0.323 e. The molecule has 3 rings (SSSR count). The van der Waals surface area contributed by atoms with Crippen LogP contribution in [-0.4, -0.2) is 108 Å². The number of benzene rings is 1. The van der Waals surface area contributed by atoms with Crippen molar-refractivity contribution in [1.82, 2.24) is 0 Å². The minimum absolute atomic E-state index is 0.00316. The molecule has 0 bridgehead atoms. The summed E-state index contributed by atoms with van der Waals surface area (Å²) >= 11 is 0. The van der Waals surface area contributed by atoms with Crippen LogP contribution in [0.15, 0.2) is 60.2 Å². The zero-order valence-corrected chi connectivity index (χ0v) is 51.7. The second-order valence-corrected chi connectivity index (χ2v) is 35.7. The predicted octanol–water partition coefficient (Wildman–Crippen LogP) is 14.4. The number of epoxide rings is 1. The van der Waals surface area contributed by atoms with Crippen molar-refractivity contribution in [3.8, 4) is 5.75 Å². The summed E-state index contributed by atoms with van der Waals surface area (Å²) in [5.74, 6) is -3.73. The molecule has 1 aromatic carbocycles. The van der Waals surface area contributed by atoms with Gasteiger partial charge in [0.1, 0.15) is 23.6 Å². The minimum Gasteiger partial charge on any atom is -0.483 e. The number of carboxylic acid groups (broad SMARTS) is 1. The van der Waals surface area contributed by atoms with E-state index < -0.39 is 89.5 Å². The number of hydrogen-bond acceptors (Lipinski definition) is 12. The number of hydrogen-bond donors (Lipinski definition) is 1. The number of nitrogens with zero attached hydrogens (tertiary/aromatic N) is 1. The number of aliphatic carboxylic acids is 1. The normalized spacial score (nSPS) is 27.0. The van der Waals surface area contributed by atoms with E-state index in [-0.39, 0.29) is 42.8 Å². The number of cyclic esters (lactones) is 1. The van der Waals surface area contributed by atoms with Gasteiger partial charge in [-0.05, 0) is 132 Å². The van der Waals surface area contributed by atoms with Crippen molar-refractivity contribution < 1.29 is 56.6 Å². The van der Waals surface area contributed by atoms with E-state index in [1.807, 2.05) is 52.0 Å². The van der Waals surface area contributed by atoms with Crippen LogP contribution >= 0.6 is 0 Å². The van der Waals surface area contributed by atoms with Crippen LogP contribution in [0.25, 0.3) is 0 Å². The Morgan fingerprint density at radius 2 is 1.47 bits per heavy atom. The number of carboxylic acids is 1. The van der Waals surface area contributed by atoms with Gasteiger partial charge in [0.15, 0.2) is 37.2 Å². The van der Waals surface area contributed by atoms with Crippen molar-refractivity contribution in [1.29, 1.82) is 0 Å². The van der Waals surface area contributed by atoms with E-state index in [0.717, 1.165) is 60.8 Å². The zero-order valence-electron chi connectivity index (χ0n) is 48.7. The highest BCUT2D eigenvalue weighted by Crippen LogP contribution is 2.43. The van der Waals surface area contributed by atoms with Gasteiger partial charge in [-0.1, -0.05) is 107 Å². The summed E-state index contributed by atoms with van der Waals surface area (Å²) in [6.45, 7) is 36.1. The topological polar surface area (TPSA) is 175 Å². The van der Waals surface area contributed by atoms with E-state index in [4.69, 9.17) is 37.0 Å². The molecule has 2 aliphatic rings. The number of nitro benzene ring substituents is 1. The van der Waals surface area contributed by atoms with Crippen molar-refractivity contribution >= 4 is 42.6 Å². The van der Waals surface area contributed by atoms with Crippen LogP contribution in [0.1, 0.15) is 143 Å². The van der Waals surface area contributed by atoms with Crippen LogP contribution in [0.2, 0.25) is 54.4 Å². The van der Waals surface area contributed by atoms with Gasteiger partial charge in [-0.15, -0.1) is 0 Å². The first-order chi connectivity index (χ1) is 34.9. The Morgan fingerprint density at radius 1 is 0.905 bits per heavy atom. The SMILES string of the molecule is CCOC(C)OC1(C)CCC(O[Si](CC)(CC)CC)C(C(=O)O)C(=O)OC(/C(C)=C/C=C/C(C)(CC2OC2C(C)C(CC)O[Si](CC)(CC)CC)O[Si](CC)(CC)CC)C(C)/C=C\C1Oc1ccc([N+](=O)[O-])cc1. The molecular weight excluding hydrogens is 991 g/mol. The van der Waals surface area contributed by atoms with E-state index >= 15 is 0 Å². The van der Waals surface area contributed by atoms with Gasteiger partial charge in [-0.25, -0.2) is 0 Å². The summed E-state index contributed by atoms with van der Waals surface area (Å²) in [7, 11) is -6.51. The number of allylic oxidation sites excluding steroid dienone is 2. The van der Waals surface area contributed by atoms with Gasteiger partial charge in [0.05, 0.1) is 28.8 Å². The molecule has 0 aliphatic carbocycles. The molecule has 1 aromatic rings. The minimum atomic E-state index is -2.53. The number of esters is 1. The van der Waals surface area contributed by atoms with Crippen molar-refractivity contribution in [2.45, 2.75) is 252 Å². The lowest BCUT2D eigenvalue weighted by atomic mass is 9.86.